The van der Waals surface area contributed by atoms with Crippen LogP contribution in [-0.2, 0) is 0 Å². The molecule has 6 heteroatoms. The third-order valence-corrected chi connectivity index (χ3v) is 3.49. The first kappa shape index (κ1) is 14.1. The summed E-state index contributed by atoms with van der Waals surface area (Å²) >= 11 is 0. The van der Waals surface area contributed by atoms with Gasteiger partial charge < -0.3 is 19.9 Å². The molecule has 0 spiro atoms. The second-order valence-electron chi connectivity index (χ2n) is 4.68. The van der Waals surface area contributed by atoms with E-state index in [0.29, 0.717) is 23.2 Å². The molecule has 3 aromatic rings. The maximum atomic E-state index is 6.08. The molecule has 0 amide bonds. The number of para-hydroxylation sites is 2. The molecule has 0 atom stereocenters. The molecule has 0 saturated carbocycles. The van der Waals surface area contributed by atoms with E-state index >= 15 is 0 Å². The lowest BCUT2D eigenvalue weighted by Gasteiger charge is -2.15. The van der Waals surface area contributed by atoms with Gasteiger partial charge in [0.1, 0.15) is 0 Å². The molecule has 3 rings (SSSR count). The molecule has 0 radical (unpaired) electrons. The van der Waals surface area contributed by atoms with Crippen LogP contribution in [0.4, 0.5) is 5.95 Å². The lowest BCUT2D eigenvalue weighted by molar-refractivity contribution is 0.324. The number of imidazole rings is 1. The predicted molar refractivity (Wildman–Crippen MR) is 85.1 cm³/mol. The van der Waals surface area contributed by atoms with E-state index in [9.17, 15) is 0 Å². The van der Waals surface area contributed by atoms with E-state index in [-0.39, 0.29) is 0 Å². The maximum absolute atomic E-state index is 6.08. The Morgan fingerprint density at radius 1 is 0.955 bits per heavy atom. The zero-order valence-electron chi connectivity index (χ0n) is 12.7. The van der Waals surface area contributed by atoms with Crippen molar-refractivity contribution in [1.82, 2.24) is 9.55 Å². The third-order valence-electron chi connectivity index (χ3n) is 3.49. The molecular formula is C16H17N3O3. The molecule has 0 aliphatic rings. The molecule has 0 saturated heterocycles. The Bertz CT molecular complexity index is 802. The van der Waals surface area contributed by atoms with Crippen LogP contribution in [0.2, 0.25) is 0 Å². The summed E-state index contributed by atoms with van der Waals surface area (Å²) in [5.41, 5.74) is 8.61. The van der Waals surface area contributed by atoms with Crippen molar-refractivity contribution in [3.05, 3.63) is 36.4 Å². The van der Waals surface area contributed by atoms with Crippen molar-refractivity contribution in [2.75, 3.05) is 27.1 Å². The zero-order valence-corrected chi connectivity index (χ0v) is 12.7. The lowest BCUT2D eigenvalue weighted by atomic mass is 10.2. The van der Waals surface area contributed by atoms with Crippen LogP contribution in [0.15, 0.2) is 36.4 Å². The monoisotopic (exact) mass is 299 g/mol. The van der Waals surface area contributed by atoms with Crippen molar-refractivity contribution in [3.63, 3.8) is 0 Å². The number of rotatable bonds is 4. The Morgan fingerprint density at radius 3 is 2.18 bits per heavy atom. The summed E-state index contributed by atoms with van der Waals surface area (Å²) in [7, 11) is 4.73. The second kappa shape index (κ2) is 5.48. The van der Waals surface area contributed by atoms with Crippen molar-refractivity contribution in [3.8, 4) is 22.9 Å². The van der Waals surface area contributed by atoms with Gasteiger partial charge in [-0.2, -0.15) is 0 Å². The minimum absolute atomic E-state index is 0.399. The summed E-state index contributed by atoms with van der Waals surface area (Å²) < 4.78 is 18.0. The number of nitrogen functional groups attached to an aromatic ring is 1. The number of methoxy groups -OCH3 is 3. The molecule has 22 heavy (non-hydrogen) atoms. The van der Waals surface area contributed by atoms with Crippen LogP contribution in [0.1, 0.15) is 0 Å². The average Bonchev–Trinajstić information content (AvgIpc) is 2.89. The van der Waals surface area contributed by atoms with Gasteiger partial charge in [-0.15, -0.1) is 0 Å². The van der Waals surface area contributed by atoms with Crippen molar-refractivity contribution in [2.45, 2.75) is 0 Å². The molecule has 0 aliphatic heterocycles. The number of nitrogens with zero attached hydrogens (tertiary/aromatic N) is 2. The Hall–Kier alpha value is -2.89. The van der Waals surface area contributed by atoms with E-state index in [1.54, 1.807) is 21.3 Å². The minimum Gasteiger partial charge on any atom is -0.493 e. The molecule has 2 aromatic carbocycles. The molecule has 114 valence electrons. The van der Waals surface area contributed by atoms with Gasteiger partial charge in [0.2, 0.25) is 11.7 Å². The van der Waals surface area contributed by atoms with Gasteiger partial charge in [0.05, 0.1) is 38.1 Å². The van der Waals surface area contributed by atoms with Gasteiger partial charge in [0.15, 0.2) is 11.5 Å². The highest BCUT2D eigenvalue weighted by Crippen LogP contribution is 2.40. The Balaban J connectivity index is 2.29. The molecule has 6 nitrogen and oxygen atoms in total. The first-order valence-electron chi connectivity index (χ1n) is 6.73. The molecule has 1 aromatic heterocycles. The number of aromatic nitrogens is 2. The number of fused-ring (bicyclic) bond motifs is 1. The van der Waals surface area contributed by atoms with Crippen molar-refractivity contribution in [2.24, 2.45) is 0 Å². The van der Waals surface area contributed by atoms with Crippen molar-refractivity contribution < 1.29 is 14.2 Å². The topological polar surface area (TPSA) is 71.5 Å². The first-order valence-corrected chi connectivity index (χ1v) is 6.73. The molecular weight excluding hydrogens is 282 g/mol. The van der Waals surface area contributed by atoms with Crippen LogP contribution in [0, 0.1) is 0 Å². The van der Waals surface area contributed by atoms with Crippen molar-refractivity contribution >= 4 is 17.0 Å². The first-order chi connectivity index (χ1) is 10.7. The molecule has 2 N–H and O–H groups in total. The van der Waals surface area contributed by atoms with E-state index in [1.807, 2.05) is 41.0 Å². The highest BCUT2D eigenvalue weighted by molar-refractivity contribution is 5.81. The molecule has 0 fully saturated rings. The van der Waals surface area contributed by atoms with E-state index in [0.717, 1.165) is 16.7 Å². The third kappa shape index (κ3) is 2.09. The van der Waals surface area contributed by atoms with Crippen molar-refractivity contribution in [1.29, 1.82) is 0 Å². The zero-order chi connectivity index (χ0) is 15.7. The van der Waals surface area contributed by atoms with E-state index in [1.165, 1.54) is 0 Å². The maximum Gasteiger partial charge on any atom is 0.205 e. The van der Waals surface area contributed by atoms with Gasteiger partial charge in [-0.05, 0) is 12.1 Å². The van der Waals surface area contributed by atoms with E-state index in [4.69, 9.17) is 19.9 Å². The Labute approximate surface area is 128 Å². The van der Waals surface area contributed by atoms with Gasteiger partial charge in [-0.3, -0.25) is 4.57 Å². The van der Waals surface area contributed by atoms with Gasteiger partial charge in [-0.25, -0.2) is 4.98 Å². The number of hydrogen-bond donors (Lipinski definition) is 1. The Morgan fingerprint density at radius 2 is 1.59 bits per heavy atom. The summed E-state index contributed by atoms with van der Waals surface area (Å²) in [6.45, 7) is 0. The van der Waals surface area contributed by atoms with Gasteiger partial charge in [-0.1, -0.05) is 12.1 Å². The fourth-order valence-corrected chi connectivity index (χ4v) is 2.51. The highest BCUT2D eigenvalue weighted by atomic mass is 16.5. The summed E-state index contributed by atoms with van der Waals surface area (Å²) in [6, 6.07) is 11.4. The normalized spacial score (nSPS) is 10.7. The number of benzene rings is 2. The SMILES string of the molecule is COc1cc(-n2c(N)nc3ccccc32)cc(OC)c1OC. The van der Waals surface area contributed by atoms with Crippen LogP contribution in [0.5, 0.6) is 17.2 Å². The summed E-state index contributed by atoms with van der Waals surface area (Å²) in [4.78, 5) is 4.37. The predicted octanol–water partition coefficient (Wildman–Crippen LogP) is 2.63. The number of ether oxygens (including phenoxy) is 3. The fraction of sp³-hybridized carbons (Fsp3) is 0.188. The Kier molecular flexibility index (Phi) is 3.50. The standard InChI is InChI=1S/C16H17N3O3/c1-20-13-8-10(9-14(21-2)15(13)22-3)19-12-7-5-4-6-11(12)18-16(19)17/h4-9H,1-3H3,(H2,17,18). The molecule has 0 aliphatic carbocycles. The molecule has 1 heterocycles. The molecule has 0 unspecified atom stereocenters. The van der Waals surface area contributed by atoms with Crippen LogP contribution >= 0.6 is 0 Å². The van der Waals surface area contributed by atoms with Crippen LogP contribution in [0.25, 0.3) is 16.7 Å². The fourth-order valence-electron chi connectivity index (χ4n) is 2.51. The van der Waals surface area contributed by atoms with E-state index < -0.39 is 0 Å². The van der Waals surface area contributed by atoms with Crippen LogP contribution in [-0.4, -0.2) is 30.9 Å². The second-order valence-corrected chi connectivity index (χ2v) is 4.68. The summed E-state index contributed by atoms with van der Waals surface area (Å²) in [6.07, 6.45) is 0. The van der Waals surface area contributed by atoms with Gasteiger partial charge in [0, 0.05) is 12.1 Å². The van der Waals surface area contributed by atoms with Crippen LogP contribution < -0.4 is 19.9 Å². The largest absolute Gasteiger partial charge is 0.493 e. The number of nitrogens with two attached hydrogens (primary N) is 1. The van der Waals surface area contributed by atoms with Gasteiger partial charge >= 0.3 is 0 Å². The highest BCUT2D eigenvalue weighted by Gasteiger charge is 2.17. The molecule has 0 bridgehead atoms. The summed E-state index contributed by atoms with van der Waals surface area (Å²) in [5.74, 6) is 2.07. The average molecular weight is 299 g/mol. The lowest BCUT2D eigenvalue weighted by Crippen LogP contribution is -2.03. The minimum atomic E-state index is 0.399. The smallest absolute Gasteiger partial charge is 0.205 e. The van der Waals surface area contributed by atoms with E-state index in [2.05, 4.69) is 4.98 Å². The van der Waals surface area contributed by atoms with Crippen LogP contribution in [0.3, 0.4) is 0 Å². The number of anilines is 1. The summed E-state index contributed by atoms with van der Waals surface area (Å²) in [5, 5.41) is 0. The number of hydrogen-bond acceptors (Lipinski definition) is 5. The van der Waals surface area contributed by atoms with Gasteiger partial charge in [0.25, 0.3) is 0 Å². The quantitative estimate of drug-likeness (QED) is 0.802.